The average molecular weight is 175 g/mol. The molecule has 2 heterocycles. The van der Waals surface area contributed by atoms with Crippen molar-refractivity contribution >= 4 is 5.52 Å². The Morgan fingerprint density at radius 3 is 2.92 bits per heavy atom. The molecule has 3 heteroatoms. The Morgan fingerprint density at radius 2 is 2.23 bits per heavy atom. The number of aromatic nitrogens is 2. The second-order valence-corrected chi connectivity index (χ2v) is 3.27. The SMILES string of the molecule is Cc1ccn2c(C)nc(CN)c2c1. The van der Waals surface area contributed by atoms with Gasteiger partial charge in [0.1, 0.15) is 5.82 Å². The number of fused-ring (bicyclic) bond motifs is 1. The van der Waals surface area contributed by atoms with Crippen molar-refractivity contribution in [2.24, 2.45) is 5.73 Å². The van der Waals surface area contributed by atoms with Gasteiger partial charge in [0.25, 0.3) is 0 Å². The molecule has 0 saturated carbocycles. The molecule has 2 rings (SSSR count). The lowest BCUT2D eigenvalue weighted by molar-refractivity contribution is 0.991. The van der Waals surface area contributed by atoms with Crippen LogP contribution in [-0.2, 0) is 6.54 Å². The zero-order chi connectivity index (χ0) is 9.42. The smallest absolute Gasteiger partial charge is 0.110 e. The van der Waals surface area contributed by atoms with Crippen LogP contribution in [-0.4, -0.2) is 9.38 Å². The molecule has 0 amide bonds. The Kier molecular flexibility index (Phi) is 1.81. The van der Waals surface area contributed by atoms with Crippen molar-refractivity contribution < 1.29 is 0 Å². The van der Waals surface area contributed by atoms with Crippen molar-refractivity contribution in [2.75, 3.05) is 0 Å². The summed E-state index contributed by atoms with van der Waals surface area (Å²) < 4.78 is 2.06. The summed E-state index contributed by atoms with van der Waals surface area (Å²) in [6.07, 6.45) is 2.03. The van der Waals surface area contributed by atoms with E-state index in [2.05, 4.69) is 28.4 Å². The number of pyridine rings is 1. The minimum Gasteiger partial charge on any atom is -0.325 e. The van der Waals surface area contributed by atoms with E-state index in [1.807, 2.05) is 13.1 Å². The number of aryl methyl sites for hydroxylation is 2. The van der Waals surface area contributed by atoms with Gasteiger partial charge in [-0.05, 0) is 31.5 Å². The van der Waals surface area contributed by atoms with E-state index in [4.69, 9.17) is 5.73 Å². The van der Waals surface area contributed by atoms with E-state index in [0.29, 0.717) is 6.54 Å². The molecule has 3 nitrogen and oxygen atoms in total. The molecule has 0 unspecified atom stereocenters. The number of imidazole rings is 1. The fourth-order valence-corrected chi connectivity index (χ4v) is 1.57. The zero-order valence-electron chi connectivity index (χ0n) is 7.91. The van der Waals surface area contributed by atoms with Crippen LogP contribution in [0.2, 0.25) is 0 Å². The third-order valence-electron chi connectivity index (χ3n) is 2.24. The number of rotatable bonds is 1. The molecule has 0 aliphatic heterocycles. The van der Waals surface area contributed by atoms with Crippen molar-refractivity contribution in [1.29, 1.82) is 0 Å². The van der Waals surface area contributed by atoms with Gasteiger partial charge in [0.2, 0.25) is 0 Å². The quantitative estimate of drug-likeness (QED) is 0.712. The molecule has 2 aromatic heterocycles. The second-order valence-electron chi connectivity index (χ2n) is 3.27. The van der Waals surface area contributed by atoms with Crippen molar-refractivity contribution in [3.63, 3.8) is 0 Å². The molecule has 0 radical (unpaired) electrons. The highest BCUT2D eigenvalue weighted by Crippen LogP contribution is 2.13. The summed E-state index contributed by atoms with van der Waals surface area (Å²) in [7, 11) is 0. The van der Waals surface area contributed by atoms with E-state index >= 15 is 0 Å². The van der Waals surface area contributed by atoms with Gasteiger partial charge in [-0.15, -0.1) is 0 Å². The molecule has 0 saturated heterocycles. The summed E-state index contributed by atoms with van der Waals surface area (Å²) in [5, 5.41) is 0. The van der Waals surface area contributed by atoms with Crippen molar-refractivity contribution in [1.82, 2.24) is 9.38 Å². The topological polar surface area (TPSA) is 43.3 Å². The van der Waals surface area contributed by atoms with Crippen molar-refractivity contribution in [2.45, 2.75) is 20.4 Å². The van der Waals surface area contributed by atoms with Gasteiger partial charge in [-0.25, -0.2) is 4.98 Å². The third-order valence-corrected chi connectivity index (χ3v) is 2.24. The fraction of sp³-hybridized carbons (Fsp3) is 0.300. The third kappa shape index (κ3) is 1.21. The molecular weight excluding hydrogens is 162 g/mol. The van der Waals surface area contributed by atoms with Gasteiger partial charge in [0.15, 0.2) is 0 Å². The minimum absolute atomic E-state index is 0.501. The van der Waals surface area contributed by atoms with E-state index < -0.39 is 0 Å². The van der Waals surface area contributed by atoms with Crippen LogP contribution in [0.25, 0.3) is 5.52 Å². The van der Waals surface area contributed by atoms with Gasteiger partial charge in [0, 0.05) is 12.7 Å². The molecule has 68 valence electrons. The Bertz CT molecular complexity index is 443. The second kappa shape index (κ2) is 2.85. The number of nitrogens with zero attached hydrogens (tertiary/aromatic N) is 2. The molecule has 0 atom stereocenters. The Hall–Kier alpha value is -1.35. The van der Waals surface area contributed by atoms with Crippen LogP contribution in [0.4, 0.5) is 0 Å². The van der Waals surface area contributed by atoms with E-state index in [-0.39, 0.29) is 0 Å². The molecular formula is C10H13N3. The maximum absolute atomic E-state index is 5.60. The van der Waals surface area contributed by atoms with Crippen LogP contribution in [0.5, 0.6) is 0 Å². The maximum Gasteiger partial charge on any atom is 0.110 e. The van der Waals surface area contributed by atoms with Crippen LogP contribution in [0.1, 0.15) is 17.1 Å². The highest BCUT2D eigenvalue weighted by molar-refractivity contribution is 5.54. The first-order chi connectivity index (χ1) is 6.22. The van der Waals surface area contributed by atoms with E-state index in [1.165, 1.54) is 5.56 Å². The lowest BCUT2D eigenvalue weighted by Gasteiger charge is -1.98. The highest BCUT2D eigenvalue weighted by Gasteiger charge is 2.05. The molecule has 0 aromatic carbocycles. The van der Waals surface area contributed by atoms with E-state index in [0.717, 1.165) is 17.0 Å². The Balaban J connectivity index is 2.81. The zero-order valence-corrected chi connectivity index (χ0v) is 7.91. The minimum atomic E-state index is 0.501. The molecule has 2 N–H and O–H groups in total. The Morgan fingerprint density at radius 1 is 1.46 bits per heavy atom. The highest BCUT2D eigenvalue weighted by atomic mass is 15.0. The normalized spacial score (nSPS) is 11.0. The molecule has 0 bridgehead atoms. The summed E-state index contributed by atoms with van der Waals surface area (Å²) in [6.45, 7) is 4.56. The summed E-state index contributed by atoms with van der Waals surface area (Å²) in [5.41, 5.74) is 8.94. The fourth-order valence-electron chi connectivity index (χ4n) is 1.57. The monoisotopic (exact) mass is 175 g/mol. The predicted octanol–water partition coefficient (Wildman–Crippen LogP) is 1.41. The summed E-state index contributed by atoms with van der Waals surface area (Å²) in [5.74, 6) is 0.996. The summed E-state index contributed by atoms with van der Waals surface area (Å²) in [4.78, 5) is 4.39. The first kappa shape index (κ1) is 8.26. The maximum atomic E-state index is 5.60. The van der Waals surface area contributed by atoms with Gasteiger partial charge in [0.05, 0.1) is 11.2 Å². The lowest BCUT2D eigenvalue weighted by atomic mass is 10.2. The van der Waals surface area contributed by atoms with Gasteiger partial charge >= 0.3 is 0 Å². The molecule has 0 fully saturated rings. The average Bonchev–Trinajstić information content (AvgIpc) is 2.42. The molecule has 2 aromatic rings. The van der Waals surface area contributed by atoms with Gasteiger partial charge < -0.3 is 10.1 Å². The first-order valence-corrected chi connectivity index (χ1v) is 4.36. The van der Waals surface area contributed by atoms with Crippen LogP contribution >= 0.6 is 0 Å². The van der Waals surface area contributed by atoms with Crippen LogP contribution in [0.15, 0.2) is 18.3 Å². The number of hydrogen-bond acceptors (Lipinski definition) is 2. The van der Waals surface area contributed by atoms with Gasteiger partial charge in [-0.2, -0.15) is 0 Å². The van der Waals surface area contributed by atoms with Crippen LogP contribution in [0, 0.1) is 13.8 Å². The predicted molar refractivity (Wildman–Crippen MR) is 52.6 cm³/mol. The Labute approximate surface area is 77.2 Å². The molecule has 0 spiro atoms. The van der Waals surface area contributed by atoms with Gasteiger partial charge in [-0.1, -0.05) is 0 Å². The number of nitrogens with two attached hydrogens (primary N) is 1. The van der Waals surface area contributed by atoms with Crippen LogP contribution < -0.4 is 5.73 Å². The van der Waals surface area contributed by atoms with Crippen LogP contribution in [0.3, 0.4) is 0 Å². The molecule has 0 aliphatic carbocycles. The first-order valence-electron chi connectivity index (χ1n) is 4.36. The van der Waals surface area contributed by atoms with Crippen molar-refractivity contribution in [3.05, 3.63) is 35.4 Å². The number of hydrogen-bond donors (Lipinski definition) is 1. The lowest BCUT2D eigenvalue weighted by Crippen LogP contribution is -1.97. The van der Waals surface area contributed by atoms with Gasteiger partial charge in [-0.3, -0.25) is 0 Å². The summed E-state index contributed by atoms with van der Waals surface area (Å²) in [6, 6.07) is 4.18. The van der Waals surface area contributed by atoms with Crippen molar-refractivity contribution in [3.8, 4) is 0 Å². The summed E-state index contributed by atoms with van der Waals surface area (Å²) >= 11 is 0. The largest absolute Gasteiger partial charge is 0.325 e. The molecule has 0 aliphatic rings. The molecule has 13 heavy (non-hydrogen) atoms. The van der Waals surface area contributed by atoms with E-state index in [9.17, 15) is 0 Å². The van der Waals surface area contributed by atoms with E-state index in [1.54, 1.807) is 0 Å². The standard InChI is InChI=1S/C10H13N3/c1-7-3-4-13-8(2)12-9(6-11)10(13)5-7/h3-5H,6,11H2,1-2H3.